The zero-order chi connectivity index (χ0) is 20.1. The van der Waals surface area contributed by atoms with Gasteiger partial charge in [-0.3, -0.25) is 0 Å². The SMILES string of the molecule is CC(C)CCC[C@@H](C)[C@@H]1CC[C@@H]2[C@@H]3CC=C4C[C@@H](Cl)CC[C@]4(C)[C@H]3CC[C@@]21C. The Hall–Kier alpha value is 0.0300. The van der Waals surface area contributed by atoms with Gasteiger partial charge in [-0.05, 0) is 97.7 Å². The van der Waals surface area contributed by atoms with Crippen LogP contribution in [0.15, 0.2) is 11.6 Å². The largest absolute Gasteiger partial charge is 0.123 e. The number of alkyl halides is 1. The summed E-state index contributed by atoms with van der Waals surface area (Å²) in [5, 5.41) is 0.396. The molecule has 0 aromatic heterocycles. The van der Waals surface area contributed by atoms with E-state index in [1.807, 2.05) is 0 Å². The topological polar surface area (TPSA) is 0 Å². The lowest BCUT2D eigenvalue weighted by Gasteiger charge is -2.58. The van der Waals surface area contributed by atoms with Crippen LogP contribution in [0.3, 0.4) is 0 Å². The zero-order valence-electron chi connectivity index (χ0n) is 19.3. The lowest BCUT2D eigenvalue weighted by atomic mass is 9.47. The molecule has 0 aliphatic heterocycles. The minimum atomic E-state index is 0.396. The molecule has 0 nitrogen and oxygen atoms in total. The number of halogens is 1. The zero-order valence-corrected chi connectivity index (χ0v) is 20.0. The molecule has 8 atom stereocenters. The first-order chi connectivity index (χ1) is 13.3. The van der Waals surface area contributed by atoms with E-state index in [1.165, 1.54) is 70.6 Å². The Morgan fingerprint density at radius 3 is 2.54 bits per heavy atom. The first-order valence-corrected chi connectivity index (χ1v) is 13.0. The van der Waals surface area contributed by atoms with Crippen molar-refractivity contribution in [3.63, 3.8) is 0 Å². The molecule has 3 fully saturated rings. The molecule has 0 heterocycles. The molecule has 0 N–H and O–H groups in total. The second-order valence-electron chi connectivity index (χ2n) is 12.1. The van der Waals surface area contributed by atoms with E-state index in [0.29, 0.717) is 16.2 Å². The van der Waals surface area contributed by atoms with Crippen molar-refractivity contribution in [3.05, 3.63) is 11.6 Å². The van der Waals surface area contributed by atoms with Crippen LogP contribution in [0, 0.1) is 46.3 Å². The van der Waals surface area contributed by atoms with Crippen molar-refractivity contribution in [3.8, 4) is 0 Å². The maximum atomic E-state index is 6.56. The minimum absolute atomic E-state index is 0.396. The molecule has 4 aliphatic carbocycles. The van der Waals surface area contributed by atoms with Crippen LogP contribution in [0.5, 0.6) is 0 Å². The molecule has 4 rings (SSSR count). The number of hydrogen-bond acceptors (Lipinski definition) is 0. The van der Waals surface area contributed by atoms with E-state index in [4.69, 9.17) is 11.6 Å². The van der Waals surface area contributed by atoms with Gasteiger partial charge in [0.2, 0.25) is 0 Å². The van der Waals surface area contributed by atoms with Gasteiger partial charge >= 0.3 is 0 Å². The lowest BCUT2D eigenvalue weighted by molar-refractivity contribution is -0.0498. The Kier molecular flexibility index (Phi) is 6.03. The van der Waals surface area contributed by atoms with Crippen LogP contribution in [-0.2, 0) is 0 Å². The highest BCUT2D eigenvalue weighted by Gasteiger charge is 2.58. The number of fused-ring (bicyclic) bond motifs is 5. The average molecular weight is 405 g/mol. The van der Waals surface area contributed by atoms with Crippen molar-refractivity contribution >= 4 is 11.6 Å². The molecule has 0 saturated heterocycles. The molecule has 0 bridgehead atoms. The monoisotopic (exact) mass is 404 g/mol. The Labute approximate surface area is 180 Å². The van der Waals surface area contributed by atoms with Crippen molar-refractivity contribution in [2.45, 2.75) is 111 Å². The maximum Gasteiger partial charge on any atom is 0.0373 e. The predicted molar refractivity (Wildman–Crippen MR) is 123 cm³/mol. The van der Waals surface area contributed by atoms with E-state index in [2.05, 4.69) is 40.7 Å². The third-order valence-corrected chi connectivity index (χ3v) is 10.6. The van der Waals surface area contributed by atoms with Crippen LogP contribution in [0.1, 0.15) is 105 Å². The highest BCUT2D eigenvalue weighted by atomic mass is 35.5. The second-order valence-corrected chi connectivity index (χ2v) is 12.7. The Morgan fingerprint density at radius 2 is 1.79 bits per heavy atom. The first-order valence-electron chi connectivity index (χ1n) is 12.6. The fourth-order valence-electron chi connectivity index (χ4n) is 8.64. The van der Waals surface area contributed by atoms with E-state index in [-0.39, 0.29) is 0 Å². The summed E-state index contributed by atoms with van der Waals surface area (Å²) in [6, 6.07) is 0. The summed E-state index contributed by atoms with van der Waals surface area (Å²) < 4.78 is 0. The van der Waals surface area contributed by atoms with Gasteiger partial charge in [0, 0.05) is 5.38 Å². The normalized spacial score (nSPS) is 46.5. The van der Waals surface area contributed by atoms with Gasteiger partial charge < -0.3 is 0 Å². The molecule has 3 saturated carbocycles. The molecule has 1 heteroatoms. The minimum Gasteiger partial charge on any atom is -0.123 e. The van der Waals surface area contributed by atoms with Crippen LogP contribution in [0.4, 0.5) is 0 Å². The fourth-order valence-corrected chi connectivity index (χ4v) is 8.92. The molecule has 0 amide bonds. The van der Waals surface area contributed by atoms with Gasteiger partial charge in [-0.15, -0.1) is 11.6 Å². The highest BCUT2D eigenvalue weighted by molar-refractivity contribution is 6.20. The van der Waals surface area contributed by atoms with Gasteiger partial charge in [0.15, 0.2) is 0 Å². The third-order valence-electron chi connectivity index (χ3n) is 10.2. The molecule has 0 aromatic rings. The fraction of sp³-hybridized carbons (Fsp3) is 0.926. The van der Waals surface area contributed by atoms with Crippen LogP contribution in [0.25, 0.3) is 0 Å². The Morgan fingerprint density at radius 1 is 1.00 bits per heavy atom. The van der Waals surface area contributed by atoms with Crippen LogP contribution < -0.4 is 0 Å². The molecular formula is C27H45Cl. The standard InChI is InChI=1S/C27H45Cl/c1-18(2)7-6-8-19(3)23-11-12-24-22-10-9-20-17-21(28)13-15-26(20,4)25(22)14-16-27(23,24)5/h9,18-19,21-25H,6-8,10-17H2,1-5H3/t19-,21+,22+,23+,24-,25+,26+,27-/m1/s1. The summed E-state index contributed by atoms with van der Waals surface area (Å²) in [4.78, 5) is 0. The summed E-state index contributed by atoms with van der Waals surface area (Å²) in [6.45, 7) is 12.7. The van der Waals surface area contributed by atoms with Crippen molar-refractivity contribution in [2.75, 3.05) is 0 Å². The molecule has 0 unspecified atom stereocenters. The van der Waals surface area contributed by atoms with E-state index >= 15 is 0 Å². The average Bonchev–Trinajstić information content (AvgIpc) is 2.99. The molecule has 160 valence electrons. The van der Waals surface area contributed by atoms with Gasteiger partial charge in [0.05, 0.1) is 0 Å². The molecule has 28 heavy (non-hydrogen) atoms. The van der Waals surface area contributed by atoms with Crippen molar-refractivity contribution in [1.29, 1.82) is 0 Å². The second kappa shape index (κ2) is 7.94. The number of hydrogen-bond donors (Lipinski definition) is 0. The van der Waals surface area contributed by atoms with Crippen LogP contribution >= 0.6 is 11.6 Å². The first kappa shape index (κ1) is 21.3. The van der Waals surface area contributed by atoms with E-state index in [0.717, 1.165) is 35.5 Å². The van der Waals surface area contributed by atoms with Crippen molar-refractivity contribution in [2.24, 2.45) is 46.3 Å². The summed E-state index contributed by atoms with van der Waals surface area (Å²) in [7, 11) is 0. The quantitative estimate of drug-likeness (QED) is 0.317. The third kappa shape index (κ3) is 3.52. The number of allylic oxidation sites excluding steroid dienone is 2. The van der Waals surface area contributed by atoms with Gasteiger partial charge in [-0.25, -0.2) is 0 Å². The van der Waals surface area contributed by atoms with Crippen LogP contribution in [0.2, 0.25) is 0 Å². The van der Waals surface area contributed by atoms with Gasteiger partial charge in [-0.1, -0.05) is 65.5 Å². The molecule has 0 spiro atoms. The summed E-state index contributed by atoms with van der Waals surface area (Å²) in [5.41, 5.74) is 2.82. The van der Waals surface area contributed by atoms with Crippen molar-refractivity contribution < 1.29 is 0 Å². The maximum absolute atomic E-state index is 6.56. The lowest BCUT2D eigenvalue weighted by Crippen LogP contribution is -2.50. The Balaban J connectivity index is 1.49. The summed E-state index contributed by atoms with van der Waals surface area (Å²) in [6.07, 6.45) is 18.0. The highest BCUT2D eigenvalue weighted by Crippen LogP contribution is 2.67. The summed E-state index contributed by atoms with van der Waals surface area (Å²) >= 11 is 6.56. The molecule has 0 radical (unpaired) electrons. The Bertz CT molecular complexity index is 591. The number of rotatable bonds is 5. The summed E-state index contributed by atoms with van der Waals surface area (Å²) in [5.74, 6) is 5.62. The van der Waals surface area contributed by atoms with Gasteiger partial charge in [-0.2, -0.15) is 0 Å². The predicted octanol–water partition coefficient (Wildman–Crippen LogP) is 8.64. The van der Waals surface area contributed by atoms with E-state index in [9.17, 15) is 0 Å². The van der Waals surface area contributed by atoms with E-state index in [1.54, 1.807) is 5.57 Å². The van der Waals surface area contributed by atoms with Crippen molar-refractivity contribution in [1.82, 2.24) is 0 Å². The van der Waals surface area contributed by atoms with Gasteiger partial charge in [0.1, 0.15) is 0 Å². The molecule has 0 aromatic carbocycles. The van der Waals surface area contributed by atoms with E-state index < -0.39 is 0 Å². The van der Waals surface area contributed by atoms with Crippen LogP contribution in [-0.4, -0.2) is 5.38 Å². The smallest absolute Gasteiger partial charge is 0.0373 e. The molecular weight excluding hydrogens is 360 g/mol. The van der Waals surface area contributed by atoms with Gasteiger partial charge in [0.25, 0.3) is 0 Å². The molecule has 4 aliphatic rings.